The van der Waals surface area contributed by atoms with Crippen LogP contribution in [0.15, 0.2) is 18.2 Å². The molecule has 1 atom stereocenters. The number of rotatable bonds is 6. The summed E-state index contributed by atoms with van der Waals surface area (Å²) in [6, 6.07) is 8.54. The van der Waals surface area contributed by atoms with Crippen LogP contribution in [-0.4, -0.2) is 18.7 Å². The fraction of sp³-hybridized carbons (Fsp3) is 0.562. The zero-order valence-electron chi connectivity index (χ0n) is 12.6. The van der Waals surface area contributed by atoms with Gasteiger partial charge in [0, 0.05) is 0 Å². The predicted molar refractivity (Wildman–Crippen MR) is 78.5 cm³/mol. The Kier molecular flexibility index (Phi) is 5.38. The maximum absolute atomic E-state index is 9.21. The highest BCUT2D eigenvalue weighted by Gasteiger charge is 2.23. The smallest absolute Gasteiger partial charge is 0.138 e. The Morgan fingerprint density at radius 3 is 2.63 bits per heavy atom. The van der Waals surface area contributed by atoms with Gasteiger partial charge in [0.1, 0.15) is 17.9 Å². The van der Waals surface area contributed by atoms with Crippen molar-refractivity contribution in [2.24, 2.45) is 0 Å². The average molecular weight is 260 g/mol. The summed E-state index contributed by atoms with van der Waals surface area (Å²) in [5.41, 5.74) is 1.71. The van der Waals surface area contributed by atoms with Gasteiger partial charge in [-0.1, -0.05) is 32.9 Å². The number of hydrogen-bond donors (Lipinski definition) is 1. The molecule has 1 unspecified atom stereocenters. The van der Waals surface area contributed by atoms with E-state index in [4.69, 9.17) is 4.74 Å². The summed E-state index contributed by atoms with van der Waals surface area (Å²) in [5.74, 6) is 1.34. The highest BCUT2D eigenvalue weighted by Crippen LogP contribution is 2.25. The van der Waals surface area contributed by atoms with Crippen LogP contribution in [0.2, 0.25) is 0 Å². The van der Waals surface area contributed by atoms with Crippen LogP contribution in [0.1, 0.15) is 44.7 Å². The zero-order chi connectivity index (χ0) is 14.5. The maximum Gasteiger partial charge on any atom is 0.138 e. The molecule has 0 radical (unpaired) electrons. The third kappa shape index (κ3) is 4.25. The molecule has 3 nitrogen and oxygen atoms in total. The van der Waals surface area contributed by atoms with E-state index >= 15 is 0 Å². The Hall–Kier alpha value is -1.53. The first-order valence-electron chi connectivity index (χ1n) is 6.81. The van der Waals surface area contributed by atoms with Gasteiger partial charge in [-0.25, -0.2) is 0 Å². The molecule has 104 valence electrons. The molecule has 0 aliphatic carbocycles. The lowest BCUT2D eigenvalue weighted by Gasteiger charge is -2.23. The fourth-order valence-corrected chi connectivity index (χ4v) is 1.87. The molecule has 0 bridgehead atoms. The van der Waals surface area contributed by atoms with E-state index in [0.717, 1.165) is 17.9 Å². The average Bonchev–Trinajstić information content (AvgIpc) is 2.38. The number of nitrogens with one attached hydrogen (secondary N) is 1. The molecule has 1 aromatic carbocycles. The van der Waals surface area contributed by atoms with E-state index in [9.17, 15) is 5.26 Å². The Morgan fingerprint density at radius 2 is 2.11 bits per heavy atom. The minimum absolute atomic E-state index is 0.347. The highest BCUT2D eigenvalue weighted by molar-refractivity contribution is 5.38. The summed E-state index contributed by atoms with van der Waals surface area (Å²) in [4.78, 5) is 0. The monoisotopic (exact) mass is 260 g/mol. The number of likely N-dealkylation sites (N-methyl/N-ethyl adjacent to an activating group) is 1. The van der Waals surface area contributed by atoms with E-state index in [1.807, 2.05) is 20.8 Å². The van der Waals surface area contributed by atoms with E-state index in [2.05, 4.69) is 43.4 Å². The Morgan fingerprint density at radius 1 is 1.42 bits per heavy atom. The molecule has 0 aliphatic rings. The summed E-state index contributed by atoms with van der Waals surface area (Å²) in [5, 5.41) is 12.4. The van der Waals surface area contributed by atoms with Crippen LogP contribution in [0, 0.1) is 18.3 Å². The van der Waals surface area contributed by atoms with Gasteiger partial charge in [-0.3, -0.25) is 5.32 Å². The molecule has 0 aliphatic heterocycles. The van der Waals surface area contributed by atoms with Crippen LogP contribution in [0.25, 0.3) is 0 Å². The van der Waals surface area contributed by atoms with Crippen molar-refractivity contribution in [3.8, 4) is 11.8 Å². The van der Waals surface area contributed by atoms with E-state index < -0.39 is 5.54 Å². The SMILES string of the molecule is CCNC(C)(C#N)COc1cc(C(C)C)ccc1C. The molecule has 0 saturated heterocycles. The van der Waals surface area contributed by atoms with Gasteiger partial charge in [-0.05, 0) is 43.5 Å². The summed E-state index contributed by atoms with van der Waals surface area (Å²) in [7, 11) is 0. The van der Waals surface area contributed by atoms with Gasteiger partial charge >= 0.3 is 0 Å². The quantitative estimate of drug-likeness (QED) is 0.852. The maximum atomic E-state index is 9.21. The lowest BCUT2D eigenvalue weighted by Crippen LogP contribution is -2.46. The molecule has 0 fully saturated rings. The van der Waals surface area contributed by atoms with Gasteiger partial charge in [-0.15, -0.1) is 0 Å². The second-order valence-electron chi connectivity index (χ2n) is 5.44. The van der Waals surface area contributed by atoms with Crippen molar-refractivity contribution in [2.45, 2.75) is 46.1 Å². The van der Waals surface area contributed by atoms with Crippen LogP contribution < -0.4 is 10.1 Å². The minimum Gasteiger partial charge on any atom is -0.490 e. The van der Waals surface area contributed by atoms with Gasteiger partial charge in [0.15, 0.2) is 0 Å². The van der Waals surface area contributed by atoms with Crippen LogP contribution in [0.3, 0.4) is 0 Å². The topological polar surface area (TPSA) is 45.0 Å². The normalized spacial score (nSPS) is 13.9. The van der Waals surface area contributed by atoms with Gasteiger partial charge < -0.3 is 4.74 Å². The zero-order valence-corrected chi connectivity index (χ0v) is 12.6. The van der Waals surface area contributed by atoms with E-state index in [1.165, 1.54) is 5.56 Å². The van der Waals surface area contributed by atoms with E-state index in [1.54, 1.807) is 0 Å². The second kappa shape index (κ2) is 6.58. The molecule has 1 rings (SSSR count). The molecule has 1 aromatic rings. The molecule has 0 aromatic heterocycles. The largest absolute Gasteiger partial charge is 0.490 e. The van der Waals surface area contributed by atoms with Gasteiger partial charge in [0.25, 0.3) is 0 Å². The lowest BCUT2D eigenvalue weighted by atomic mass is 10.0. The second-order valence-corrected chi connectivity index (χ2v) is 5.44. The summed E-state index contributed by atoms with van der Waals surface area (Å²) in [6.45, 7) is 11.3. The molecule has 0 spiro atoms. The van der Waals surface area contributed by atoms with E-state index in [-0.39, 0.29) is 0 Å². The predicted octanol–water partition coefficient (Wildman–Crippen LogP) is 3.39. The van der Waals surface area contributed by atoms with Gasteiger partial charge in [-0.2, -0.15) is 5.26 Å². The summed E-state index contributed by atoms with van der Waals surface area (Å²) >= 11 is 0. The van der Waals surface area contributed by atoms with Crippen LogP contribution in [-0.2, 0) is 0 Å². The number of nitriles is 1. The molecule has 0 amide bonds. The molecule has 19 heavy (non-hydrogen) atoms. The number of ether oxygens (including phenoxy) is 1. The molecule has 0 heterocycles. The molecular weight excluding hydrogens is 236 g/mol. The number of benzene rings is 1. The van der Waals surface area contributed by atoms with Crippen molar-refractivity contribution in [1.29, 1.82) is 5.26 Å². The van der Waals surface area contributed by atoms with Crippen molar-refractivity contribution in [3.05, 3.63) is 29.3 Å². The number of aryl methyl sites for hydroxylation is 1. The van der Waals surface area contributed by atoms with Gasteiger partial charge in [0.2, 0.25) is 0 Å². The minimum atomic E-state index is -0.644. The Bertz CT molecular complexity index is 462. The van der Waals surface area contributed by atoms with Crippen molar-refractivity contribution in [3.63, 3.8) is 0 Å². The van der Waals surface area contributed by atoms with Gasteiger partial charge in [0.05, 0.1) is 6.07 Å². The fourth-order valence-electron chi connectivity index (χ4n) is 1.87. The van der Waals surface area contributed by atoms with Crippen molar-refractivity contribution < 1.29 is 4.74 Å². The first-order chi connectivity index (χ1) is 8.91. The summed E-state index contributed by atoms with van der Waals surface area (Å²) < 4.78 is 5.85. The van der Waals surface area contributed by atoms with E-state index in [0.29, 0.717) is 12.5 Å². The Balaban J connectivity index is 2.82. The van der Waals surface area contributed by atoms with Crippen molar-refractivity contribution in [2.75, 3.05) is 13.2 Å². The molecule has 0 saturated carbocycles. The van der Waals surface area contributed by atoms with Crippen LogP contribution >= 0.6 is 0 Å². The number of hydrogen-bond acceptors (Lipinski definition) is 3. The number of nitrogens with zero attached hydrogens (tertiary/aromatic N) is 1. The highest BCUT2D eigenvalue weighted by atomic mass is 16.5. The first-order valence-corrected chi connectivity index (χ1v) is 6.81. The van der Waals surface area contributed by atoms with Crippen LogP contribution in [0.4, 0.5) is 0 Å². The standard InChI is InChI=1S/C16H24N2O/c1-6-18-16(5,10-17)11-19-15-9-14(12(2)3)8-7-13(15)4/h7-9,12,18H,6,11H2,1-5H3. The van der Waals surface area contributed by atoms with Crippen molar-refractivity contribution in [1.82, 2.24) is 5.32 Å². The third-order valence-corrected chi connectivity index (χ3v) is 3.21. The van der Waals surface area contributed by atoms with Crippen LogP contribution in [0.5, 0.6) is 5.75 Å². The molecule has 1 N–H and O–H groups in total. The molecular formula is C16H24N2O. The molecule has 3 heteroatoms. The third-order valence-electron chi connectivity index (χ3n) is 3.21. The Labute approximate surface area is 116 Å². The lowest BCUT2D eigenvalue weighted by molar-refractivity contribution is 0.235. The summed E-state index contributed by atoms with van der Waals surface area (Å²) in [6.07, 6.45) is 0. The first kappa shape index (κ1) is 15.5. The van der Waals surface area contributed by atoms with Crippen molar-refractivity contribution >= 4 is 0 Å².